The summed E-state index contributed by atoms with van der Waals surface area (Å²) >= 11 is 4.54. The molecule has 0 radical (unpaired) electrons. The van der Waals surface area contributed by atoms with Crippen LogP contribution in [0.25, 0.3) is 0 Å². The predicted molar refractivity (Wildman–Crippen MR) is 66.2 cm³/mol. The molecule has 0 bridgehead atoms. The van der Waals surface area contributed by atoms with Crippen LogP contribution in [0.4, 0.5) is 0 Å². The van der Waals surface area contributed by atoms with E-state index in [1.807, 2.05) is 0 Å². The lowest BCUT2D eigenvalue weighted by Gasteiger charge is -2.27. The van der Waals surface area contributed by atoms with E-state index in [2.05, 4.69) is 20.9 Å². The standard InChI is InChI=1S/C9H12BrNO3S2/c1-16(13,14)6-3-2-4-9(6,12)7-8(10)11-5-15-7/h5-6,12H,2-4H2,1H3. The Balaban J connectivity index is 2.49. The predicted octanol–water partition coefficient (Wildman–Crippen LogP) is 1.69. The number of nitrogens with zero attached hydrogens (tertiary/aromatic N) is 1. The summed E-state index contributed by atoms with van der Waals surface area (Å²) in [6.07, 6.45) is 2.90. The number of aromatic nitrogens is 1. The zero-order valence-corrected chi connectivity index (χ0v) is 11.9. The van der Waals surface area contributed by atoms with Crippen LogP contribution in [0, 0.1) is 0 Å². The minimum Gasteiger partial charge on any atom is -0.383 e. The Morgan fingerprint density at radius 3 is 2.88 bits per heavy atom. The fourth-order valence-corrected chi connectivity index (χ4v) is 5.63. The molecule has 1 aliphatic carbocycles. The Hall–Kier alpha value is 0.0200. The summed E-state index contributed by atoms with van der Waals surface area (Å²) in [7, 11) is -3.24. The van der Waals surface area contributed by atoms with E-state index in [1.54, 1.807) is 5.51 Å². The average Bonchev–Trinajstić information content (AvgIpc) is 2.70. The van der Waals surface area contributed by atoms with E-state index < -0.39 is 20.7 Å². The second-order valence-electron chi connectivity index (χ2n) is 4.11. The number of hydrogen-bond acceptors (Lipinski definition) is 5. The Morgan fingerprint density at radius 1 is 1.69 bits per heavy atom. The molecule has 4 nitrogen and oxygen atoms in total. The number of hydrogen-bond donors (Lipinski definition) is 1. The summed E-state index contributed by atoms with van der Waals surface area (Å²) < 4.78 is 23.9. The van der Waals surface area contributed by atoms with Crippen LogP contribution in [0.5, 0.6) is 0 Å². The minimum absolute atomic E-state index is 0.478. The van der Waals surface area contributed by atoms with E-state index in [0.717, 1.165) is 6.42 Å². The van der Waals surface area contributed by atoms with Gasteiger partial charge >= 0.3 is 0 Å². The van der Waals surface area contributed by atoms with Gasteiger partial charge in [0, 0.05) is 6.26 Å². The van der Waals surface area contributed by atoms with Crippen LogP contribution in [0.2, 0.25) is 0 Å². The van der Waals surface area contributed by atoms with Crippen LogP contribution in [-0.4, -0.2) is 30.0 Å². The highest BCUT2D eigenvalue weighted by Gasteiger charge is 2.50. The van der Waals surface area contributed by atoms with Gasteiger partial charge in [-0.1, -0.05) is 0 Å². The van der Waals surface area contributed by atoms with Crippen LogP contribution < -0.4 is 0 Å². The Labute approximate surface area is 107 Å². The molecule has 0 aliphatic heterocycles. The van der Waals surface area contributed by atoms with Crippen LogP contribution in [-0.2, 0) is 15.4 Å². The molecule has 0 spiro atoms. The lowest BCUT2D eigenvalue weighted by atomic mass is 10.0. The van der Waals surface area contributed by atoms with Gasteiger partial charge in [0.2, 0.25) is 0 Å². The van der Waals surface area contributed by atoms with Crippen LogP contribution in [0.15, 0.2) is 10.1 Å². The smallest absolute Gasteiger partial charge is 0.153 e. The van der Waals surface area contributed by atoms with Gasteiger partial charge in [-0.25, -0.2) is 13.4 Å². The van der Waals surface area contributed by atoms with Gasteiger partial charge in [-0.05, 0) is 35.2 Å². The monoisotopic (exact) mass is 325 g/mol. The third kappa shape index (κ3) is 1.94. The van der Waals surface area contributed by atoms with Gasteiger partial charge in [0.25, 0.3) is 0 Å². The highest BCUT2D eigenvalue weighted by atomic mass is 79.9. The maximum atomic E-state index is 11.7. The van der Waals surface area contributed by atoms with Gasteiger partial charge in [0.05, 0.1) is 15.6 Å². The zero-order valence-electron chi connectivity index (χ0n) is 8.68. The van der Waals surface area contributed by atoms with Gasteiger partial charge in [-0.3, -0.25) is 0 Å². The van der Waals surface area contributed by atoms with Gasteiger partial charge in [-0.2, -0.15) is 0 Å². The highest BCUT2D eigenvalue weighted by Crippen LogP contribution is 2.46. The first-order chi connectivity index (χ1) is 7.36. The summed E-state index contributed by atoms with van der Waals surface area (Å²) in [4.78, 5) is 4.63. The molecule has 1 N–H and O–H groups in total. The molecule has 2 atom stereocenters. The number of halogens is 1. The maximum Gasteiger partial charge on any atom is 0.153 e. The largest absolute Gasteiger partial charge is 0.383 e. The maximum absolute atomic E-state index is 11.7. The third-order valence-electron chi connectivity index (χ3n) is 2.99. The van der Waals surface area contributed by atoms with Crippen molar-refractivity contribution in [2.24, 2.45) is 0 Å². The molecule has 1 aromatic heterocycles. The van der Waals surface area contributed by atoms with E-state index in [-0.39, 0.29) is 0 Å². The van der Waals surface area contributed by atoms with Crippen molar-refractivity contribution in [3.8, 4) is 0 Å². The molecule has 0 amide bonds. The van der Waals surface area contributed by atoms with E-state index >= 15 is 0 Å². The second kappa shape index (κ2) is 4.04. The topological polar surface area (TPSA) is 67.3 Å². The quantitative estimate of drug-likeness (QED) is 0.898. The zero-order chi connectivity index (χ0) is 12.0. The summed E-state index contributed by atoms with van der Waals surface area (Å²) in [5.41, 5.74) is 0.336. The molecule has 1 aliphatic rings. The summed E-state index contributed by atoms with van der Waals surface area (Å²) in [6, 6.07) is 0. The molecular formula is C9H12BrNO3S2. The molecule has 1 fully saturated rings. The van der Waals surface area contributed by atoms with E-state index in [0.29, 0.717) is 22.3 Å². The van der Waals surface area contributed by atoms with Crippen molar-refractivity contribution >= 4 is 37.1 Å². The van der Waals surface area contributed by atoms with Crippen molar-refractivity contribution in [3.05, 3.63) is 15.0 Å². The molecule has 1 aromatic rings. The molecule has 1 heterocycles. The first-order valence-corrected chi connectivity index (χ1v) is 8.49. The van der Waals surface area contributed by atoms with Crippen molar-refractivity contribution in [2.45, 2.75) is 30.1 Å². The fraction of sp³-hybridized carbons (Fsp3) is 0.667. The van der Waals surface area contributed by atoms with E-state index in [9.17, 15) is 13.5 Å². The molecule has 0 aromatic carbocycles. The summed E-state index contributed by atoms with van der Waals surface area (Å²) in [5.74, 6) is 0. The fourth-order valence-electron chi connectivity index (χ4n) is 2.30. The summed E-state index contributed by atoms with van der Waals surface area (Å²) in [5, 5.41) is 9.88. The van der Waals surface area contributed by atoms with Crippen molar-refractivity contribution in [1.29, 1.82) is 0 Å². The molecule has 16 heavy (non-hydrogen) atoms. The number of sulfone groups is 1. The van der Waals surface area contributed by atoms with Gasteiger partial charge in [0.1, 0.15) is 10.2 Å². The SMILES string of the molecule is CS(=O)(=O)C1CCCC1(O)c1scnc1Br. The highest BCUT2D eigenvalue weighted by molar-refractivity contribution is 9.10. The lowest BCUT2D eigenvalue weighted by molar-refractivity contribution is 0.0506. The van der Waals surface area contributed by atoms with E-state index in [4.69, 9.17) is 0 Å². The third-order valence-corrected chi connectivity index (χ3v) is 6.51. The van der Waals surface area contributed by atoms with Crippen molar-refractivity contribution in [3.63, 3.8) is 0 Å². The van der Waals surface area contributed by atoms with Crippen LogP contribution in [0.1, 0.15) is 24.1 Å². The van der Waals surface area contributed by atoms with Crippen LogP contribution in [0.3, 0.4) is 0 Å². The molecule has 1 saturated carbocycles. The number of aliphatic hydroxyl groups is 1. The van der Waals surface area contributed by atoms with Crippen LogP contribution >= 0.6 is 27.3 Å². The Kier molecular flexibility index (Phi) is 3.15. The molecule has 7 heteroatoms. The van der Waals surface area contributed by atoms with E-state index in [1.165, 1.54) is 17.6 Å². The van der Waals surface area contributed by atoms with Crippen molar-refractivity contribution in [2.75, 3.05) is 6.26 Å². The first-order valence-electron chi connectivity index (χ1n) is 4.86. The van der Waals surface area contributed by atoms with Crippen molar-refractivity contribution in [1.82, 2.24) is 4.98 Å². The molecule has 2 unspecified atom stereocenters. The molecule has 2 rings (SSSR count). The van der Waals surface area contributed by atoms with Crippen molar-refractivity contribution < 1.29 is 13.5 Å². The second-order valence-corrected chi connectivity index (χ2v) is 7.94. The molecular weight excluding hydrogens is 314 g/mol. The normalized spacial score (nSPS) is 30.8. The minimum atomic E-state index is -3.24. The first kappa shape index (κ1) is 12.5. The molecule has 90 valence electrons. The number of thiazole rings is 1. The summed E-state index contributed by atoms with van der Waals surface area (Å²) in [6.45, 7) is 0. The lowest BCUT2D eigenvalue weighted by Crippen LogP contribution is -2.39. The van der Waals surface area contributed by atoms with Gasteiger partial charge in [-0.15, -0.1) is 11.3 Å². The van der Waals surface area contributed by atoms with Gasteiger partial charge < -0.3 is 5.11 Å². The van der Waals surface area contributed by atoms with Gasteiger partial charge in [0.15, 0.2) is 9.84 Å². The average molecular weight is 326 g/mol. The Bertz CT molecular complexity index is 499. The Morgan fingerprint density at radius 2 is 2.38 bits per heavy atom. The molecule has 0 saturated heterocycles. The number of rotatable bonds is 2.